The van der Waals surface area contributed by atoms with Crippen molar-refractivity contribution in [3.05, 3.63) is 24.7 Å². The molecule has 0 atom stereocenters. The van der Waals surface area contributed by atoms with Gasteiger partial charge in [0.2, 0.25) is 5.95 Å². The molecule has 4 N–H and O–H groups in total. The van der Waals surface area contributed by atoms with Gasteiger partial charge in [-0.1, -0.05) is 12.8 Å². The number of pyridine rings is 1. The van der Waals surface area contributed by atoms with E-state index in [0.29, 0.717) is 24.1 Å². The third kappa shape index (κ3) is 4.34. The second-order valence-electron chi connectivity index (χ2n) is 10.1. The molecule has 2 saturated carbocycles. The first-order valence-corrected chi connectivity index (χ1v) is 12.9. The lowest BCUT2D eigenvalue weighted by Gasteiger charge is -2.29. The van der Waals surface area contributed by atoms with E-state index in [9.17, 15) is 0 Å². The second-order valence-corrected chi connectivity index (χ2v) is 10.1. The Morgan fingerprint density at radius 3 is 2.47 bits per heavy atom. The van der Waals surface area contributed by atoms with Gasteiger partial charge in [0.15, 0.2) is 5.65 Å². The van der Waals surface area contributed by atoms with Crippen LogP contribution in [0.4, 0.5) is 11.6 Å². The van der Waals surface area contributed by atoms with E-state index in [1.807, 2.05) is 12.5 Å². The van der Waals surface area contributed by atoms with Gasteiger partial charge >= 0.3 is 0 Å². The highest BCUT2D eigenvalue weighted by Gasteiger charge is 2.24. The van der Waals surface area contributed by atoms with E-state index in [4.69, 9.17) is 25.7 Å². The Morgan fingerprint density at radius 2 is 1.74 bits per heavy atom. The summed E-state index contributed by atoms with van der Waals surface area (Å²) in [5.41, 5.74) is 10.7. The van der Waals surface area contributed by atoms with Crippen LogP contribution in [0.5, 0.6) is 0 Å². The van der Waals surface area contributed by atoms with Crippen LogP contribution in [0, 0.1) is 0 Å². The molecule has 0 amide bonds. The average Bonchev–Trinajstić information content (AvgIpc) is 3.56. The lowest BCUT2D eigenvalue weighted by atomic mass is 9.92. The zero-order chi connectivity index (χ0) is 22.9. The summed E-state index contributed by atoms with van der Waals surface area (Å²) < 4.78 is 2.27. The molecule has 180 valence electrons. The number of nitrogens with zero attached hydrogens (tertiary/aromatic N) is 6. The van der Waals surface area contributed by atoms with Crippen LogP contribution in [0.1, 0.15) is 57.4 Å². The van der Waals surface area contributed by atoms with Gasteiger partial charge in [0, 0.05) is 44.3 Å². The third-order valence-electron chi connectivity index (χ3n) is 7.72. The summed E-state index contributed by atoms with van der Waals surface area (Å²) in [5.74, 6) is 0.677. The van der Waals surface area contributed by atoms with Crippen LogP contribution in [-0.4, -0.2) is 62.8 Å². The number of hydrogen-bond donors (Lipinski definition) is 3. The molecule has 1 saturated heterocycles. The largest absolute Gasteiger partial charge is 0.368 e. The molecule has 34 heavy (non-hydrogen) atoms. The number of nitrogens with two attached hydrogens (primary N) is 1. The summed E-state index contributed by atoms with van der Waals surface area (Å²) >= 11 is 0. The number of rotatable bonds is 5. The molecule has 0 unspecified atom stereocenters. The molecule has 9 nitrogen and oxygen atoms in total. The van der Waals surface area contributed by atoms with Crippen LogP contribution in [-0.2, 0) is 0 Å². The van der Waals surface area contributed by atoms with Gasteiger partial charge in [0.1, 0.15) is 11.2 Å². The average molecular weight is 462 g/mol. The van der Waals surface area contributed by atoms with Crippen LogP contribution < -0.4 is 21.3 Å². The van der Waals surface area contributed by atoms with Crippen molar-refractivity contribution < 1.29 is 0 Å². The Bertz CT molecular complexity index is 1110. The van der Waals surface area contributed by atoms with E-state index in [0.717, 1.165) is 80.1 Å². The quantitative estimate of drug-likeness (QED) is 0.532. The Labute approximate surface area is 200 Å². The summed E-state index contributed by atoms with van der Waals surface area (Å²) in [6.45, 7) is 4.02. The molecule has 3 aliphatic rings. The number of nitrogens with one attached hydrogen (secondary N) is 2. The smallest absolute Gasteiger partial charge is 0.225 e. The Balaban J connectivity index is 1.35. The number of anilines is 2. The van der Waals surface area contributed by atoms with Gasteiger partial charge in [-0.2, -0.15) is 4.98 Å². The first-order chi connectivity index (χ1) is 16.7. The molecular formula is C25H35N9. The normalized spacial score (nSPS) is 24.1. The van der Waals surface area contributed by atoms with Gasteiger partial charge in [-0.05, 0) is 50.7 Å². The minimum atomic E-state index is 0.319. The highest BCUT2D eigenvalue weighted by molar-refractivity contribution is 5.87. The minimum absolute atomic E-state index is 0.319. The summed E-state index contributed by atoms with van der Waals surface area (Å²) in [6, 6.07) is 5.38. The predicted molar refractivity (Wildman–Crippen MR) is 135 cm³/mol. The number of fused-ring (bicyclic) bond motifs is 1. The maximum Gasteiger partial charge on any atom is 0.225 e. The van der Waals surface area contributed by atoms with Crippen molar-refractivity contribution in [2.45, 2.75) is 69.5 Å². The molecule has 3 aromatic rings. The summed E-state index contributed by atoms with van der Waals surface area (Å²) in [4.78, 5) is 21.9. The molecule has 0 aromatic carbocycles. The van der Waals surface area contributed by atoms with Crippen LogP contribution in [0.15, 0.2) is 24.7 Å². The maximum atomic E-state index is 6.12. The maximum absolute atomic E-state index is 6.12. The lowest BCUT2D eigenvalue weighted by molar-refractivity contribution is 0.410. The first-order valence-electron chi connectivity index (χ1n) is 12.9. The van der Waals surface area contributed by atoms with Crippen LogP contribution in [0.25, 0.3) is 22.6 Å². The van der Waals surface area contributed by atoms with Gasteiger partial charge in [0.25, 0.3) is 0 Å². The molecule has 0 spiro atoms. The van der Waals surface area contributed by atoms with Gasteiger partial charge in [-0.25, -0.2) is 9.97 Å². The zero-order valence-electron chi connectivity index (χ0n) is 19.8. The lowest BCUT2D eigenvalue weighted by Crippen LogP contribution is -2.43. The number of hydrogen-bond acceptors (Lipinski definition) is 8. The third-order valence-corrected chi connectivity index (χ3v) is 7.72. The van der Waals surface area contributed by atoms with E-state index >= 15 is 0 Å². The first kappa shape index (κ1) is 21.7. The fourth-order valence-electron chi connectivity index (χ4n) is 5.69. The Morgan fingerprint density at radius 1 is 0.941 bits per heavy atom. The zero-order valence-corrected chi connectivity index (χ0v) is 19.8. The molecule has 3 fully saturated rings. The van der Waals surface area contributed by atoms with E-state index in [1.165, 1.54) is 25.7 Å². The number of piperazine rings is 1. The van der Waals surface area contributed by atoms with Crippen molar-refractivity contribution in [3.63, 3.8) is 0 Å². The Kier molecular flexibility index (Phi) is 6.05. The van der Waals surface area contributed by atoms with E-state index in [-0.39, 0.29) is 0 Å². The van der Waals surface area contributed by atoms with E-state index < -0.39 is 0 Å². The summed E-state index contributed by atoms with van der Waals surface area (Å²) in [6.07, 6.45) is 13.0. The van der Waals surface area contributed by atoms with Crippen LogP contribution in [0.2, 0.25) is 0 Å². The second kappa shape index (κ2) is 9.46. The summed E-state index contributed by atoms with van der Waals surface area (Å²) in [7, 11) is 0. The van der Waals surface area contributed by atoms with Crippen molar-refractivity contribution in [2.24, 2.45) is 5.73 Å². The highest BCUT2D eigenvalue weighted by atomic mass is 15.2. The molecule has 3 aromatic heterocycles. The topological polar surface area (TPSA) is 110 Å². The minimum Gasteiger partial charge on any atom is -0.368 e. The van der Waals surface area contributed by atoms with Crippen LogP contribution >= 0.6 is 0 Å². The van der Waals surface area contributed by atoms with Crippen molar-refractivity contribution in [1.82, 2.24) is 29.8 Å². The number of aromatic nitrogens is 5. The fourth-order valence-corrected chi connectivity index (χ4v) is 5.69. The van der Waals surface area contributed by atoms with Gasteiger partial charge in [-0.3, -0.25) is 4.98 Å². The molecule has 0 bridgehead atoms. The Hall–Kier alpha value is -2.78. The standard InChI is InChI=1S/C25H35N9/c26-17-5-7-18(8-6-17)30-25-31-22(21-10-9-20(15-28-21)33-13-11-27-12-14-33)23-24(32-25)34(16-29-23)19-3-1-2-4-19/h9-10,15-19,27H,1-8,11-14,26H2,(H,30,31,32). The molecule has 0 radical (unpaired) electrons. The van der Waals surface area contributed by atoms with Crippen LogP contribution in [0.3, 0.4) is 0 Å². The molecule has 6 rings (SSSR count). The SMILES string of the molecule is NC1CCC(Nc2nc(-c3ccc(N4CCNCC4)cn3)c3ncn(C4CCCC4)c3n2)CC1. The highest BCUT2D eigenvalue weighted by Crippen LogP contribution is 2.34. The van der Waals surface area contributed by atoms with Crippen molar-refractivity contribution in [2.75, 3.05) is 36.4 Å². The molecular weight excluding hydrogens is 426 g/mol. The monoisotopic (exact) mass is 461 g/mol. The van der Waals surface area contributed by atoms with E-state index in [2.05, 4.69) is 32.2 Å². The van der Waals surface area contributed by atoms with Gasteiger partial charge in [-0.15, -0.1) is 0 Å². The van der Waals surface area contributed by atoms with Gasteiger partial charge < -0.3 is 25.8 Å². The number of imidazole rings is 1. The molecule has 4 heterocycles. The molecule has 1 aliphatic heterocycles. The van der Waals surface area contributed by atoms with Gasteiger partial charge in [0.05, 0.1) is 23.9 Å². The summed E-state index contributed by atoms with van der Waals surface area (Å²) in [5, 5.41) is 7.02. The molecule has 9 heteroatoms. The van der Waals surface area contributed by atoms with Crippen molar-refractivity contribution >= 4 is 22.8 Å². The van der Waals surface area contributed by atoms with Crippen molar-refractivity contribution in [1.29, 1.82) is 0 Å². The predicted octanol–water partition coefficient (Wildman–Crippen LogP) is 3.09. The van der Waals surface area contributed by atoms with E-state index in [1.54, 1.807) is 0 Å². The fraction of sp³-hybridized carbons (Fsp3) is 0.600. The van der Waals surface area contributed by atoms with Crippen molar-refractivity contribution in [3.8, 4) is 11.4 Å². The molecule has 2 aliphatic carbocycles.